The van der Waals surface area contributed by atoms with Crippen molar-refractivity contribution in [3.63, 3.8) is 0 Å². The molecule has 0 atom stereocenters. The lowest BCUT2D eigenvalue weighted by Gasteiger charge is -2.15. The number of carboxylic acid groups (broad SMARTS) is 1. The van der Waals surface area contributed by atoms with Crippen LogP contribution in [0.15, 0.2) is 53.0 Å². The summed E-state index contributed by atoms with van der Waals surface area (Å²) < 4.78 is 6.70. The van der Waals surface area contributed by atoms with Gasteiger partial charge in [0.15, 0.2) is 0 Å². The van der Waals surface area contributed by atoms with Gasteiger partial charge in [-0.15, -0.1) is 0 Å². The second-order valence-corrected chi connectivity index (χ2v) is 6.62. The highest BCUT2D eigenvalue weighted by molar-refractivity contribution is 9.10. The zero-order chi connectivity index (χ0) is 15.6. The van der Waals surface area contributed by atoms with Crippen molar-refractivity contribution >= 4 is 21.9 Å². The molecule has 0 amide bonds. The van der Waals surface area contributed by atoms with Gasteiger partial charge in [-0.3, -0.25) is 4.79 Å². The molecule has 0 unspecified atom stereocenters. The van der Waals surface area contributed by atoms with Crippen molar-refractivity contribution in [2.75, 3.05) is 0 Å². The van der Waals surface area contributed by atoms with E-state index in [1.54, 1.807) is 0 Å². The van der Waals surface area contributed by atoms with E-state index in [4.69, 9.17) is 9.84 Å². The molecule has 1 N–H and O–H groups in total. The Morgan fingerprint density at radius 1 is 1.18 bits per heavy atom. The topological polar surface area (TPSA) is 46.5 Å². The average molecular weight is 361 g/mol. The molecule has 0 saturated heterocycles. The Labute approximate surface area is 138 Å². The van der Waals surface area contributed by atoms with Crippen molar-refractivity contribution in [1.29, 1.82) is 0 Å². The summed E-state index contributed by atoms with van der Waals surface area (Å²) in [6, 6.07) is 15.9. The second-order valence-electron chi connectivity index (χ2n) is 5.77. The number of hydrogen-bond donors (Lipinski definition) is 1. The van der Waals surface area contributed by atoms with Crippen LogP contribution in [0.4, 0.5) is 0 Å². The highest BCUT2D eigenvalue weighted by Gasteiger charge is 2.46. The second kappa shape index (κ2) is 6.13. The molecule has 0 aliphatic heterocycles. The first-order chi connectivity index (χ1) is 10.6. The molecule has 1 saturated carbocycles. The summed E-state index contributed by atoms with van der Waals surface area (Å²) in [6.45, 7) is 0.513. The first kappa shape index (κ1) is 15.1. The van der Waals surface area contributed by atoms with Crippen LogP contribution >= 0.6 is 15.9 Å². The van der Waals surface area contributed by atoms with E-state index in [9.17, 15) is 4.79 Å². The predicted molar refractivity (Wildman–Crippen MR) is 88.1 cm³/mol. The van der Waals surface area contributed by atoms with E-state index in [-0.39, 0.29) is 11.8 Å². The lowest BCUT2D eigenvalue weighted by Crippen LogP contribution is -2.13. The molecule has 4 heteroatoms. The SMILES string of the molecule is O=C(O)CC1(c2ccc(OCc3ccccc3)c(Br)c2)CC1. The summed E-state index contributed by atoms with van der Waals surface area (Å²) in [7, 11) is 0. The van der Waals surface area contributed by atoms with E-state index in [0.717, 1.165) is 34.2 Å². The minimum Gasteiger partial charge on any atom is -0.488 e. The molecule has 0 spiro atoms. The van der Waals surface area contributed by atoms with Crippen molar-refractivity contribution < 1.29 is 14.6 Å². The fraction of sp³-hybridized carbons (Fsp3) is 0.278. The van der Waals surface area contributed by atoms with Crippen LogP contribution in [-0.4, -0.2) is 11.1 Å². The Morgan fingerprint density at radius 2 is 1.91 bits per heavy atom. The van der Waals surface area contributed by atoms with Gasteiger partial charge < -0.3 is 9.84 Å². The van der Waals surface area contributed by atoms with Gasteiger partial charge in [-0.2, -0.15) is 0 Å². The molecule has 1 aliphatic carbocycles. The molecule has 0 bridgehead atoms. The molecule has 3 nitrogen and oxygen atoms in total. The number of ether oxygens (including phenoxy) is 1. The Morgan fingerprint density at radius 3 is 2.50 bits per heavy atom. The molecule has 2 aromatic carbocycles. The van der Waals surface area contributed by atoms with Crippen molar-refractivity contribution in [2.45, 2.75) is 31.3 Å². The van der Waals surface area contributed by atoms with E-state index < -0.39 is 5.97 Å². The van der Waals surface area contributed by atoms with Crippen LogP contribution in [0.2, 0.25) is 0 Å². The number of carbonyl (C=O) groups is 1. The molecule has 2 aromatic rings. The summed E-state index contributed by atoms with van der Waals surface area (Å²) >= 11 is 3.53. The maximum atomic E-state index is 11.0. The molecule has 1 fully saturated rings. The van der Waals surface area contributed by atoms with Gasteiger partial charge in [0, 0.05) is 5.41 Å². The summed E-state index contributed by atoms with van der Waals surface area (Å²) in [4.78, 5) is 11.0. The number of hydrogen-bond acceptors (Lipinski definition) is 2. The number of aliphatic carboxylic acids is 1. The summed E-state index contributed by atoms with van der Waals surface area (Å²) in [6.07, 6.45) is 2.08. The van der Waals surface area contributed by atoms with Crippen LogP contribution in [0.25, 0.3) is 0 Å². The fourth-order valence-electron chi connectivity index (χ4n) is 2.69. The molecule has 3 rings (SSSR count). The van der Waals surface area contributed by atoms with Gasteiger partial charge in [-0.1, -0.05) is 36.4 Å². The Kier molecular flexibility index (Phi) is 4.21. The van der Waals surface area contributed by atoms with E-state index in [1.807, 2.05) is 48.5 Å². The first-order valence-corrected chi connectivity index (χ1v) is 8.07. The van der Waals surface area contributed by atoms with Crippen molar-refractivity contribution in [3.05, 3.63) is 64.1 Å². The average Bonchev–Trinajstić information content (AvgIpc) is 3.27. The predicted octanol–water partition coefficient (Wildman–Crippen LogP) is 4.53. The standard InChI is InChI=1S/C18H17BrO3/c19-15-10-14(18(8-9-18)11-17(20)21)6-7-16(15)22-12-13-4-2-1-3-5-13/h1-7,10H,8-9,11-12H2,(H,20,21). The van der Waals surface area contributed by atoms with E-state index in [2.05, 4.69) is 15.9 Å². The van der Waals surface area contributed by atoms with Gasteiger partial charge in [-0.05, 0) is 52.0 Å². The number of halogens is 1. The zero-order valence-electron chi connectivity index (χ0n) is 12.1. The third-order valence-electron chi connectivity index (χ3n) is 4.12. The van der Waals surface area contributed by atoms with Crippen molar-refractivity contribution in [1.82, 2.24) is 0 Å². The van der Waals surface area contributed by atoms with Crippen LogP contribution in [0, 0.1) is 0 Å². The van der Waals surface area contributed by atoms with Gasteiger partial charge in [-0.25, -0.2) is 0 Å². The van der Waals surface area contributed by atoms with Gasteiger partial charge in [0.25, 0.3) is 0 Å². The van der Waals surface area contributed by atoms with Crippen LogP contribution < -0.4 is 4.74 Å². The Bertz CT molecular complexity index is 678. The highest BCUT2D eigenvalue weighted by atomic mass is 79.9. The maximum absolute atomic E-state index is 11.0. The quantitative estimate of drug-likeness (QED) is 0.822. The van der Waals surface area contributed by atoms with E-state index in [1.165, 1.54) is 0 Å². The van der Waals surface area contributed by atoms with Crippen molar-refractivity contribution in [2.24, 2.45) is 0 Å². The molecular weight excluding hydrogens is 344 g/mol. The van der Waals surface area contributed by atoms with Gasteiger partial charge in [0.1, 0.15) is 12.4 Å². The van der Waals surface area contributed by atoms with E-state index >= 15 is 0 Å². The molecule has 0 heterocycles. The third-order valence-corrected chi connectivity index (χ3v) is 4.74. The fourth-order valence-corrected chi connectivity index (χ4v) is 3.18. The molecular formula is C18H17BrO3. The van der Waals surface area contributed by atoms with Crippen molar-refractivity contribution in [3.8, 4) is 5.75 Å². The molecule has 0 aromatic heterocycles. The van der Waals surface area contributed by atoms with Gasteiger partial charge >= 0.3 is 5.97 Å². The number of benzene rings is 2. The Balaban J connectivity index is 1.71. The summed E-state index contributed by atoms with van der Waals surface area (Å²) in [5, 5.41) is 9.05. The summed E-state index contributed by atoms with van der Waals surface area (Å²) in [5.74, 6) is 0.0387. The van der Waals surface area contributed by atoms with Crippen LogP contribution in [-0.2, 0) is 16.8 Å². The minimum atomic E-state index is -0.738. The van der Waals surface area contributed by atoms with Crippen LogP contribution in [0.5, 0.6) is 5.75 Å². The van der Waals surface area contributed by atoms with E-state index in [0.29, 0.717) is 6.61 Å². The lowest BCUT2D eigenvalue weighted by atomic mass is 9.92. The smallest absolute Gasteiger partial charge is 0.304 e. The van der Waals surface area contributed by atoms with Crippen LogP contribution in [0.3, 0.4) is 0 Å². The van der Waals surface area contributed by atoms with Crippen LogP contribution in [0.1, 0.15) is 30.4 Å². The molecule has 114 valence electrons. The zero-order valence-corrected chi connectivity index (χ0v) is 13.7. The molecule has 0 radical (unpaired) electrons. The normalized spacial score (nSPS) is 15.3. The minimum absolute atomic E-state index is 0.174. The first-order valence-electron chi connectivity index (χ1n) is 7.28. The maximum Gasteiger partial charge on any atom is 0.304 e. The summed E-state index contributed by atoms with van der Waals surface area (Å²) in [5.41, 5.74) is 2.02. The number of carboxylic acids is 1. The van der Waals surface area contributed by atoms with Gasteiger partial charge in [0.2, 0.25) is 0 Å². The molecule has 22 heavy (non-hydrogen) atoms. The largest absolute Gasteiger partial charge is 0.488 e. The highest BCUT2D eigenvalue weighted by Crippen LogP contribution is 2.52. The Hall–Kier alpha value is -1.81. The van der Waals surface area contributed by atoms with Gasteiger partial charge in [0.05, 0.1) is 10.9 Å². The number of rotatable bonds is 6. The monoisotopic (exact) mass is 360 g/mol. The lowest BCUT2D eigenvalue weighted by molar-refractivity contribution is -0.137. The molecule has 1 aliphatic rings. The third kappa shape index (κ3) is 3.33.